The van der Waals surface area contributed by atoms with Gasteiger partial charge in [-0.05, 0) is 19.4 Å². The number of nitrogens with zero attached hydrogens (tertiary/aromatic N) is 1. The number of hydrogen-bond acceptors (Lipinski definition) is 3. The summed E-state index contributed by atoms with van der Waals surface area (Å²) in [7, 11) is -2.55. The second kappa shape index (κ2) is 6.84. The summed E-state index contributed by atoms with van der Waals surface area (Å²) in [5.41, 5.74) is 5.51. The Bertz CT molecular complexity index is 258. The van der Waals surface area contributed by atoms with Gasteiger partial charge in [-0.1, -0.05) is 45.7 Å². The highest BCUT2D eigenvalue weighted by Gasteiger charge is 2.33. The van der Waals surface area contributed by atoms with Gasteiger partial charge in [-0.25, -0.2) is 0 Å². The predicted molar refractivity (Wildman–Crippen MR) is 82.9 cm³/mol. The minimum Gasteiger partial charge on any atom is -0.480 e. The van der Waals surface area contributed by atoms with Crippen molar-refractivity contribution in [2.75, 3.05) is 6.54 Å². The van der Waals surface area contributed by atoms with Crippen LogP contribution in [0.4, 0.5) is 0 Å². The number of aliphatic carboxylic acids is 1. The van der Waals surface area contributed by atoms with Crippen molar-refractivity contribution in [3.63, 3.8) is 0 Å². The second-order valence-electron chi connectivity index (χ2n) is 6.93. The molecule has 4 nitrogen and oxygen atoms in total. The van der Waals surface area contributed by atoms with E-state index >= 15 is 0 Å². The number of carboxylic acids is 1. The summed E-state index contributed by atoms with van der Waals surface area (Å²) < 4.78 is 2.73. The minimum atomic E-state index is -1.27. The zero-order valence-corrected chi connectivity index (χ0v) is 14.8. The summed E-state index contributed by atoms with van der Waals surface area (Å²) in [4.78, 5) is 10.6. The third kappa shape index (κ3) is 6.68. The molecule has 108 valence electrons. The standard InChI is InChI=1S/C12H30N2O2Si2/c1-17(2,3)14(18(4,5)6)10-8-7-9-11(13)12(15)16/h11H,7-10,13H2,1-6H3,(H,15,16)/t11-/m0/s1. The van der Waals surface area contributed by atoms with Gasteiger partial charge in [0.05, 0.1) is 0 Å². The number of carbonyl (C=O) groups is 1. The molecule has 0 aromatic carbocycles. The molecule has 0 saturated carbocycles. The van der Waals surface area contributed by atoms with Gasteiger partial charge in [-0.15, -0.1) is 0 Å². The van der Waals surface area contributed by atoms with E-state index in [9.17, 15) is 4.79 Å². The Labute approximate surface area is 114 Å². The maximum Gasteiger partial charge on any atom is 0.320 e. The maximum absolute atomic E-state index is 10.6. The molecular weight excluding hydrogens is 260 g/mol. The molecule has 0 aliphatic rings. The molecule has 6 heteroatoms. The summed E-state index contributed by atoms with van der Waals surface area (Å²) in [5, 5.41) is 8.73. The van der Waals surface area contributed by atoms with Gasteiger partial charge in [-0.3, -0.25) is 4.79 Å². The Hall–Kier alpha value is -0.176. The average Bonchev–Trinajstić information content (AvgIpc) is 2.12. The normalized spacial score (nSPS) is 14.9. The van der Waals surface area contributed by atoms with Crippen LogP contribution in [0.3, 0.4) is 0 Å². The molecule has 0 aliphatic heterocycles. The van der Waals surface area contributed by atoms with Gasteiger partial charge in [0.2, 0.25) is 0 Å². The Kier molecular flexibility index (Phi) is 6.77. The van der Waals surface area contributed by atoms with Crippen LogP contribution < -0.4 is 5.73 Å². The molecule has 0 aromatic heterocycles. The summed E-state index contributed by atoms with van der Waals surface area (Å²) in [6, 6.07) is -0.697. The molecule has 0 amide bonds. The third-order valence-electron chi connectivity index (χ3n) is 3.08. The van der Waals surface area contributed by atoms with Crippen LogP contribution >= 0.6 is 0 Å². The van der Waals surface area contributed by atoms with Crippen LogP contribution in [0.25, 0.3) is 0 Å². The zero-order valence-electron chi connectivity index (χ0n) is 12.8. The average molecular weight is 291 g/mol. The lowest BCUT2D eigenvalue weighted by Gasteiger charge is -2.43. The summed E-state index contributed by atoms with van der Waals surface area (Å²) in [6.07, 6.45) is 2.54. The largest absolute Gasteiger partial charge is 0.480 e. The fourth-order valence-electron chi connectivity index (χ4n) is 2.43. The van der Waals surface area contributed by atoms with Gasteiger partial charge in [0.25, 0.3) is 0 Å². The Morgan fingerprint density at radius 3 is 1.89 bits per heavy atom. The van der Waals surface area contributed by atoms with Gasteiger partial charge in [0.1, 0.15) is 22.5 Å². The molecule has 0 aromatic rings. The second-order valence-corrected chi connectivity index (χ2v) is 17.1. The van der Waals surface area contributed by atoms with Crippen molar-refractivity contribution in [3.05, 3.63) is 0 Å². The fourth-order valence-corrected chi connectivity index (χ4v) is 12.1. The topological polar surface area (TPSA) is 66.6 Å². The van der Waals surface area contributed by atoms with Gasteiger partial charge < -0.3 is 15.1 Å². The van der Waals surface area contributed by atoms with E-state index in [2.05, 4.69) is 43.5 Å². The van der Waals surface area contributed by atoms with Crippen molar-refractivity contribution in [3.8, 4) is 0 Å². The predicted octanol–water partition coefficient (Wildman–Crippen LogP) is 2.54. The molecule has 1 atom stereocenters. The van der Waals surface area contributed by atoms with Crippen molar-refractivity contribution in [1.82, 2.24) is 4.23 Å². The number of nitrogens with two attached hydrogens (primary N) is 1. The minimum absolute atomic E-state index is 0.584. The van der Waals surface area contributed by atoms with E-state index in [1.165, 1.54) is 0 Å². The summed E-state index contributed by atoms with van der Waals surface area (Å²) in [6.45, 7) is 15.4. The van der Waals surface area contributed by atoms with Gasteiger partial charge in [-0.2, -0.15) is 0 Å². The van der Waals surface area contributed by atoms with Crippen molar-refractivity contribution in [2.45, 2.75) is 64.6 Å². The van der Waals surface area contributed by atoms with Gasteiger partial charge in [0.15, 0.2) is 0 Å². The van der Waals surface area contributed by atoms with E-state index in [1.54, 1.807) is 0 Å². The van der Waals surface area contributed by atoms with E-state index in [0.717, 1.165) is 19.4 Å². The van der Waals surface area contributed by atoms with Crippen LogP contribution in [0, 0.1) is 0 Å². The van der Waals surface area contributed by atoms with Crippen LogP contribution in [-0.4, -0.2) is 44.4 Å². The summed E-state index contributed by atoms with van der Waals surface area (Å²) in [5.74, 6) is -0.887. The molecule has 0 rings (SSSR count). The molecule has 0 heterocycles. The van der Waals surface area contributed by atoms with E-state index < -0.39 is 28.5 Å². The Morgan fingerprint density at radius 2 is 1.56 bits per heavy atom. The SMILES string of the molecule is C[Si](C)(C)N(CCCC[C@H](N)C(=O)O)[Si](C)(C)C. The van der Waals surface area contributed by atoms with Crippen LogP contribution in [0.2, 0.25) is 39.3 Å². The number of carboxylic acid groups (broad SMARTS) is 1. The molecule has 0 unspecified atom stereocenters. The molecular formula is C12H30N2O2Si2. The van der Waals surface area contributed by atoms with Crippen molar-refractivity contribution < 1.29 is 9.90 Å². The maximum atomic E-state index is 10.6. The van der Waals surface area contributed by atoms with E-state index in [1.807, 2.05) is 0 Å². The first kappa shape index (κ1) is 17.8. The zero-order chi connectivity index (χ0) is 14.6. The molecule has 0 aliphatic carbocycles. The lowest BCUT2D eigenvalue weighted by Crippen LogP contribution is -2.59. The van der Waals surface area contributed by atoms with E-state index in [0.29, 0.717) is 6.42 Å². The lowest BCUT2D eigenvalue weighted by atomic mass is 10.1. The Morgan fingerprint density at radius 1 is 1.11 bits per heavy atom. The monoisotopic (exact) mass is 290 g/mol. The molecule has 18 heavy (non-hydrogen) atoms. The molecule has 3 N–H and O–H groups in total. The third-order valence-corrected chi connectivity index (χ3v) is 10.8. The van der Waals surface area contributed by atoms with Crippen molar-refractivity contribution in [2.24, 2.45) is 5.73 Å². The lowest BCUT2D eigenvalue weighted by molar-refractivity contribution is -0.138. The number of rotatable bonds is 8. The van der Waals surface area contributed by atoms with Crippen molar-refractivity contribution in [1.29, 1.82) is 0 Å². The number of hydrogen-bond donors (Lipinski definition) is 2. The number of unbranched alkanes of at least 4 members (excludes halogenated alkanes) is 1. The smallest absolute Gasteiger partial charge is 0.320 e. The molecule has 0 spiro atoms. The molecule has 0 radical (unpaired) electrons. The van der Waals surface area contributed by atoms with Crippen LogP contribution in [0.5, 0.6) is 0 Å². The van der Waals surface area contributed by atoms with E-state index in [4.69, 9.17) is 10.8 Å². The fraction of sp³-hybridized carbons (Fsp3) is 0.917. The molecule has 0 fully saturated rings. The van der Waals surface area contributed by atoms with E-state index in [-0.39, 0.29) is 0 Å². The highest BCUT2D eigenvalue weighted by Crippen LogP contribution is 2.20. The van der Waals surface area contributed by atoms with Crippen LogP contribution in [0.15, 0.2) is 0 Å². The Balaban J connectivity index is 4.19. The quantitative estimate of drug-likeness (QED) is 0.532. The summed E-state index contributed by atoms with van der Waals surface area (Å²) >= 11 is 0. The first-order valence-corrected chi connectivity index (χ1v) is 13.6. The molecule has 0 saturated heterocycles. The molecule has 0 bridgehead atoms. The first-order valence-electron chi connectivity index (χ1n) is 6.72. The van der Waals surface area contributed by atoms with Gasteiger partial charge >= 0.3 is 5.97 Å². The van der Waals surface area contributed by atoms with Crippen molar-refractivity contribution >= 4 is 22.4 Å². The van der Waals surface area contributed by atoms with Crippen LogP contribution in [0.1, 0.15) is 19.3 Å². The van der Waals surface area contributed by atoms with Gasteiger partial charge in [0, 0.05) is 0 Å². The van der Waals surface area contributed by atoms with Crippen LogP contribution in [-0.2, 0) is 4.79 Å². The highest BCUT2D eigenvalue weighted by molar-refractivity contribution is 6.89. The highest BCUT2D eigenvalue weighted by atomic mass is 28.4. The first-order chi connectivity index (χ1) is 7.96.